The molecule has 0 bridgehead atoms. The molecule has 1 atom stereocenters. The van der Waals surface area contributed by atoms with Crippen molar-refractivity contribution in [1.82, 2.24) is 10.1 Å². The first-order valence-electron chi connectivity index (χ1n) is 9.32. The molecule has 0 aliphatic carbocycles. The van der Waals surface area contributed by atoms with Gasteiger partial charge in [0, 0.05) is 11.5 Å². The highest BCUT2D eigenvalue weighted by molar-refractivity contribution is 6.05. The molecule has 3 heterocycles. The van der Waals surface area contributed by atoms with Gasteiger partial charge in [-0.2, -0.15) is 0 Å². The fourth-order valence-corrected chi connectivity index (χ4v) is 2.97. The number of hydrogen-bond acceptors (Lipinski definition) is 7. The van der Waals surface area contributed by atoms with Crippen LogP contribution in [0.4, 0.5) is 5.82 Å². The topological polar surface area (TPSA) is 107 Å². The lowest BCUT2D eigenvalue weighted by Gasteiger charge is -2.14. The smallest absolute Gasteiger partial charge is 0.339 e. The highest BCUT2D eigenvalue weighted by Gasteiger charge is 2.23. The minimum absolute atomic E-state index is 0.255. The standard InChI is InChI=1S/C22H19N3O5/c1-12-8-9-19(28-12)18-11-16(15-6-4-5-7-17(15)23-18)22(27)29-14(3)21(26)24-20-10-13(2)30-25-20/h4-11,14H,1-3H3,(H,24,25,26). The number of carbonyl (C=O) groups is 2. The number of rotatable bonds is 5. The second kappa shape index (κ2) is 7.82. The third-order valence-corrected chi connectivity index (χ3v) is 4.46. The lowest BCUT2D eigenvalue weighted by atomic mass is 10.1. The van der Waals surface area contributed by atoms with Crippen LogP contribution < -0.4 is 5.32 Å². The Hall–Kier alpha value is -3.94. The summed E-state index contributed by atoms with van der Waals surface area (Å²) in [5.41, 5.74) is 1.41. The van der Waals surface area contributed by atoms with Crippen LogP contribution in [0.5, 0.6) is 0 Å². The largest absolute Gasteiger partial charge is 0.460 e. The SMILES string of the molecule is Cc1cc(NC(=O)C(C)OC(=O)c2cc(-c3ccc(C)o3)nc3ccccc23)no1. The first-order chi connectivity index (χ1) is 14.4. The molecule has 0 aliphatic heterocycles. The van der Waals surface area contributed by atoms with Gasteiger partial charge in [0.1, 0.15) is 17.2 Å². The number of benzene rings is 1. The number of pyridine rings is 1. The number of carbonyl (C=O) groups excluding carboxylic acids is 2. The van der Waals surface area contributed by atoms with E-state index in [9.17, 15) is 9.59 Å². The highest BCUT2D eigenvalue weighted by atomic mass is 16.5. The van der Waals surface area contributed by atoms with Crippen LogP contribution in [0.2, 0.25) is 0 Å². The summed E-state index contributed by atoms with van der Waals surface area (Å²) in [5.74, 6) is 0.926. The van der Waals surface area contributed by atoms with E-state index in [4.69, 9.17) is 13.7 Å². The maximum absolute atomic E-state index is 12.9. The summed E-state index contributed by atoms with van der Waals surface area (Å²) in [7, 11) is 0. The van der Waals surface area contributed by atoms with Gasteiger partial charge in [-0.3, -0.25) is 4.79 Å². The van der Waals surface area contributed by atoms with Crippen molar-refractivity contribution in [3.63, 3.8) is 0 Å². The Morgan fingerprint density at radius 3 is 2.57 bits per heavy atom. The lowest BCUT2D eigenvalue weighted by Crippen LogP contribution is -2.30. The van der Waals surface area contributed by atoms with E-state index in [0.717, 1.165) is 5.76 Å². The molecule has 8 heteroatoms. The number of esters is 1. The summed E-state index contributed by atoms with van der Waals surface area (Å²) < 4.78 is 16.0. The third-order valence-electron chi connectivity index (χ3n) is 4.46. The van der Waals surface area contributed by atoms with Crippen LogP contribution in [-0.2, 0) is 9.53 Å². The summed E-state index contributed by atoms with van der Waals surface area (Å²) in [5, 5.41) is 6.87. The summed E-state index contributed by atoms with van der Waals surface area (Å²) >= 11 is 0. The molecule has 1 N–H and O–H groups in total. The minimum atomic E-state index is -1.05. The van der Waals surface area contributed by atoms with Gasteiger partial charge < -0.3 is 19.0 Å². The Balaban J connectivity index is 1.61. The van der Waals surface area contributed by atoms with Crippen LogP contribution in [0.3, 0.4) is 0 Å². The number of amides is 1. The van der Waals surface area contributed by atoms with E-state index in [0.29, 0.717) is 33.7 Å². The average molecular weight is 405 g/mol. The van der Waals surface area contributed by atoms with Crippen LogP contribution in [0.25, 0.3) is 22.4 Å². The van der Waals surface area contributed by atoms with Crippen molar-refractivity contribution in [3.8, 4) is 11.5 Å². The van der Waals surface area contributed by atoms with E-state index in [2.05, 4.69) is 15.5 Å². The Morgan fingerprint density at radius 1 is 1.07 bits per heavy atom. The molecule has 1 aromatic carbocycles. The van der Waals surface area contributed by atoms with Gasteiger partial charge in [0.15, 0.2) is 17.7 Å². The number of furan rings is 1. The number of nitrogens with one attached hydrogen (secondary N) is 1. The van der Waals surface area contributed by atoms with Gasteiger partial charge in [0.05, 0.1) is 11.1 Å². The van der Waals surface area contributed by atoms with Gasteiger partial charge in [0.2, 0.25) is 0 Å². The van der Waals surface area contributed by atoms with E-state index in [1.165, 1.54) is 6.92 Å². The molecule has 8 nitrogen and oxygen atoms in total. The van der Waals surface area contributed by atoms with Crippen LogP contribution in [0.15, 0.2) is 57.5 Å². The lowest BCUT2D eigenvalue weighted by molar-refractivity contribution is -0.123. The molecule has 30 heavy (non-hydrogen) atoms. The van der Waals surface area contributed by atoms with Crippen molar-refractivity contribution in [2.24, 2.45) is 0 Å². The van der Waals surface area contributed by atoms with E-state index < -0.39 is 18.0 Å². The van der Waals surface area contributed by atoms with Crippen LogP contribution >= 0.6 is 0 Å². The van der Waals surface area contributed by atoms with Gasteiger partial charge in [-0.1, -0.05) is 23.4 Å². The molecule has 152 valence electrons. The summed E-state index contributed by atoms with van der Waals surface area (Å²) in [6.07, 6.45) is -1.05. The first-order valence-corrected chi connectivity index (χ1v) is 9.32. The molecule has 0 fully saturated rings. The zero-order chi connectivity index (χ0) is 21.3. The zero-order valence-corrected chi connectivity index (χ0v) is 16.6. The third kappa shape index (κ3) is 3.93. The summed E-state index contributed by atoms with van der Waals surface area (Å²) in [4.78, 5) is 29.8. The maximum atomic E-state index is 12.9. The van der Waals surface area contributed by atoms with E-state index in [-0.39, 0.29) is 5.82 Å². The Bertz CT molecular complexity index is 1240. The maximum Gasteiger partial charge on any atom is 0.339 e. The Morgan fingerprint density at radius 2 is 1.87 bits per heavy atom. The molecular weight excluding hydrogens is 386 g/mol. The van der Waals surface area contributed by atoms with E-state index in [1.54, 1.807) is 43.3 Å². The van der Waals surface area contributed by atoms with Crippen molar-refractivity contribution in [2.75, 3.05) is 5.32 Å². The number of nitrogens with zero attached hydrogens (tertiary/aromatic N) is 2. The first kappa shape index (κ1) is 19.4. The number of ether oxygens (including phenoxy) is 1. The number of aromatic nitrogens is 2. The fraction of sp³-hybridized carbons (Fsp3) is 0.182. The molecular formula is C22H19N3O5. The number of para-hydroxylation sites is 1. The van der Waals surface area contributed by atoms with Crippen molar-refractivity contribution in [2.45, 2.75) is 26.9 Å². The van der Waals surface area contributed by atoms with E-state index in [1.807, 2.05) is 19.1 Å². The van der Waals surface area contributed by atoms with Gasteiger partial charge in [0.25, 0.3) is 5.91 Å². The van der Waals surface area contributed by atoms with Crippen LogP contribution in [-0.4, -0.2) is 28.1 Å². The second-order valence-electron chi connectivity index (χ2n) is 6.84. The predicted octanol–water partition coefficient (Wildman–Crippen LogP) is 4.28. The van der Waals surface area contributed by atoms with Gasteiger partial charge in [-0.15, -0.1) is 0 Å². The Labute approximate surface area is 171 Å². The molecule has 0 saturated carbocycles. The van der Waals surface area contributed by atoms with Crippen molar-refractivity contribution >= 4 is 28.6 Å². The normalized spacial score (nSPS) is 12.0. The monoisotopic (exact) mass is 405 g/mol. The van der Waals surface area contributed by atoms with Crippen LogP contribution in [0.1, 0.15) is 28.8 Å². The van der Waals surface area contributed by atoms with E-state index >= 15 is 0 Å². The predicted molar refractivity (Wildman–Crippen MR) is 109 cm³/mol. The van der Waals surface area contributed by atoms with Crippen molar-refractivity contribution in [3.05, 3.63) is 65.6 Å². The molecule has 0 radical (unpaired) electrons. The quantitative estimate of drug-likeness (QED) is 0.494. The molecule has 1 amide bonds. The highest BCUT2D eigenvalue weighted by Crippen LogP contribution is 2.27. The molecule has 4 rings (SSSR count). The number of fused-ring (bicyclic) bond motifs is 1. The number of aryl methyl sites for hydroxylation is 2. The van der Waals surface area contributed by atoms with Gasteiger partial charge in [-0.05, 0) is 45.0 Å². The number of anilines is 1. The molecule has 0 saturated heterocycles. The van der Waals surface area contributed by atoms with Crippen LogP contribution in [0, 0.1) is 13.8 Å². The van der Waals surface area contributed by atoms with Gasteiger partial charge in [-0.25, -0.2) is 9.78 Å². The van der Waals surface area contributed by atoms with Crippen molar-refractivity contribution < 1.29 is 23.3 Å². The molecule has 3 aromatic heterocycles. The molecule has 0 aliphatic rings. The van der Waals surface area contributed by atoms with Gasteiger partial charge >= 0.3 is 5.97 Å². The minimum Gasteiger partial charge on any atom is -0.460 e. The summed E-state index contributed by atoms with van der Waals surface area (Å²) in [6, 6.07) is 14.0. The molecule has 0 spiro atoms. The van der Waals surface area contributed by atoms with Crippen molar-refractivity contribution in [1.29, 1.82) is 0 Å². The molecule has 1 unspecified atom stereocenters. The average Bonchev–Trinajstić information content (AvgIpc) is 3.34. The fourth-order valence-electron chi connectivity index (χ4n) is 2.97. The number of hydrogen-bond donors (Lipinski definition) is 1. The summed E-state index contributed by atoms with van der Waals surface area (Å²) in [6.45, 7) is 5.02. The second-order valence-corrected chi connectivity index (χ2v) is 6.84. The Kier molecular flexibility index (Phi) is 5.05. The zero-order valence-electron chi connectivity index (χ0n) is 16.6. The molecule has 4 aromatic rings.